The van der Waals surface area contributed by atoms with E-state index in [1.165, 1.54) is 0 Å². The van der Waals surface area contributed by atoms with Gasteiger partial charge in [-0.1, -0.05) is 0 Å². The van der Waals surface area contributed by atoms with Crippen LogP contribution in [0, 0.1) is 0 Å². The normalized spacial score (nSPS) is 15.7. The summed E-state index contributed by atoms with van der Waals surface area (Å²) in [6, 6.07) is 0. The van der Waals surface area contributed by atoms with E-state index in [1.807, 2.05) is 4.18 Å². The van der Waals surface area contributed by atoms with Crippen molar-refractivity contribution < 1.29 is 126 Å². The minimum Gasteiger partial charge on any atom is -0.716 e. The van der Waals surface area contributed by atoms with Gasteiger partial charge in [0.05, 0.1) is 0 Å². The molecule has 0 aliphatic heterocycles. The Labute approximate surface area is 190 Å². The third kappa shape index (κ3) is 4.96. The Balaban J connectivity index is 0. The molecule has 0 amide bonds. The number of alkyl halides is 17. The number of rotatable bonds is 8. The third-order valence-electron chi connectivity index (χ3n) is 3.16. The van der Waals surface area contributed by atoms with Crippen LogP contribution in [0.15, 0.2) is 0 Å². The second kappa shape index (κ2) is 8.69. The smallest absolute Gasteiger partial charge is 0.716 e. The van der Waals surface area contributed by atoms with Gasteiger partial charge in [-0.3, -0.25) is 0 Å². The van der Waals surface area contributed by atoms with Crippen molar-refractivity contribution in [1.82, 2.24) is 0 Å². The predicted molar refractivity (Wildman–Crippen MR) is 56.5 cm³/mol. The predicted octanol–water partition coefficient (Wildman–Crippen LogP) is 1.00. The van der Waals surface area contributed by atoms with Crippen molar-refractivity contribution in [3.63, 3.8) is 0 Å². The molecule has 0 atom stereocenters. The van der Waals surface area contributed by atoms with Gasteiger partial charge < -0.3 is 8.74 Å². The average molecular weight is 566 g/mol. The topological polar surface area (TPSA) is 83.5 Å². The zero-order chi connectivity index (χ0) is 26.8. The Morgan fingerprint density at radius 2 is 0.788 bits per heavy atom. The Hall–Kier alpha value is -0.810. The van der Waals surface area contributed by atoms with Crippen LogP contribution in [-0.2, 0) is 19.4 Å². The van der Waals surface area contributed by atoms with E-state index < -0.39 is 64.0 Å². The van der Waals surface area contributed by atoms with E-state index in [0.29, 0.717) is 0 Å². The van der Waals surface area contributed by atoms with Gasteiger partial charge in [-0.15, -0.1) is 0 Å². The molecule has 33 heavy (non-hydrogen) atoms. The molecular formula is C9F17NaO5S. The first-order valence-electron chi connectivity index (χ1n) is 6.29. The first kappa shape index (κ1) is 34.4. The van der Waals surface area contributed by atoms with Crippen LogP contribution in [-0.4, -0.2) is 66.6 Å². The second-order valence-corrected chi connectivity index (χ2v) is 6.28. The van der Waals surface area contributed by atoms with E-state index in [2.05, 4.69) is 0 Å². The van der Waals surface area contributed by atoms with Gasteiger partial charge in [-0.25, -0.2) is 13.2 Å². The molecule has 0 bridgehead atoms. The molecule has 0 aromatic heterocycles. The molecule has 0 heterocycles. The van der Waals surface area contributed by atoms with Crippen molar-refractivity contribution in [3.05, 3.63) is 0 Å². The van der Waals surface area contributed by atoms with Crippen LogP contribution in [0.3, 0.4) is 0 Å². The molecule has 0 N–H and O–H groups in total. The van der Waals surface area contributed by atoms with Crippen LogP contribution in [0.25, 0.3) is 0 Å². The molecule has 0 rings (SSSR count). The van der Waals surface area contributed by atoms with E-state index in [9.17, 15) is 92.4 Å². The van der Waals surface area contributed by atoms with E-state index in [1.54, 1.807) is 0 Å². The van der Waals surface area contributed by atoms with E-state index in [0.717, 1.165) is 0 Å². The second-order valence-electron chi connectivity index (χ2n) is 5.30. The standard InChI is InChI=1S/C9HF17O5S.Na/c10-2(11,1(27)31-32(28,29)30)3(12,13)4(14,15)5(16,17)6(18,19)7(20,21)8(22,23)9(24,25)26;/h(H,28,29,30);/q;+1/p-1. The Morgan fingerprint density at radius 3 is 1.03 bits per heavy atom. The fourth-order valence-electron chi connectivity index (χ4n) is 1.44. The van der Waals surface area contributed by atoms with Gasteiger partial charge in [-0.05, 0) is 0 Å². The van der Waals surface area contributed by atoms with Gasteiger partial charge >= 0.3 is 83.2 Å². The number of hydrogen-bond acceptors (Lipinski definition) is 5. The molecule has 5 nitrogen and oxygen atoms in total. The molecule has 0 saturated heterocycles. The summed E-state index contributed by atoms with van der Waals surface area (Å²) >= 11 is 0. The number of carbonyl (C=O) groups is 1. The molecule has 0 radical (unpaired) electrons. The molecule has 0 saturated carbocycles. The maximum atomic E-state index is 13.2. The molecule has 0 aliphatic rings. The fraction of sp³-hybridized carbons (Fsp3) is 0.889. The number of hydrogen-bond donors (Lipinski definition) is 0. The Kier molecular flexibility index (Phi) is 9.05. The van der Waals surface area contributed by atoms with E-state index in [4.69, 9.17) is 0 Å². The SMILES string of the molecule is O=C(OS(=O)(=O)[O-])C(F)(F)C(F)(F)C(F)(F)C(F)(F)C(F)(F)C(F)(F)C(F)(F)C(F)(F)F.[Na+]. The van der Waals surface area contributed by atoms with Crippen LogP contribution in [0.2, 0.25) is 0 Å². The Morgan fingerprint density at radius 1 is 0.545 bits per heavy atom. The largest absolute Gasteiger partial charge is 1.00 e. The molecule has 0 fully saturated rings. The summed E-state index contributed by atoms with van der Waals surface area (Å²) in [6.45, 7) is 0. The summed E-state index contributed by atoms with van der Waals surface area (Å²) in [7, 11) is -6.87. The maximum absolute atomic E-state index is 13.2. The van der Waals surface area contributed by atoms with Crippen molar-refractivity contribution in [2.45, 2.75) is 47.6 Å². The summed E-state index contributed by atoms with van der Waals surface area (Å²) in [5, 5.41) is 0. The molecule has 0 aliphatic carbocycles. The quantitative estimate of drug-likeness (QED) is 0.190. The Bertz CT molecular complexity index is 847. The summed E-state index contributed by atoms with van der Waals surface area (Å²) in [5.41, 5.74) is 0. The summed E-state index contributed by atoms with van der Waals surface area (Å²) in [6.07, 6.45) is -7.93. The minimum absolute atomic E-state index is 0. The van der Waals surface area contributed by atoms with Crippen LogP contribution in [0.5, 0.6) is 0 Å². The number of halogens is 17. The molecule has 0 unspecified atom stereocenters. The molecule has 24 heteroatoms. The average Bonchev–Trinajstić information content (AvgIpc) is 2.50. The van der Waals surface area contributed by atoms with Crippen LogP contribution >= 0.6 is 0 Å². The van der Waals surface area contributed by atoms with Crippen molar-refractivity contribution in [2.24, 2.45) is 0 Å². The van der Waals surface area contributed by atoms with Gasteiger partial charge in [0, 0.05) is 0 Å². The van der Waals surface area contributed by atoms with Gasteiger partial charge in [0.2, 0.25) is 0 Å². The van der Waals surface area contributed by atoms with Crippen molar-refractivity contribution in [3.8, 4) is 0 Å². The molecular weight excluding hydrogens is 566 g/mol. The van der Waals surface area contributed by atoms with Crippen LogP contribution in [0.4, 0.5) is 74.6 Å². The summed E-state index contributed by atoms with van der Waals surface area (Å²) in [5.74, 6) is -64.7. The summed E-state index contributed by atoms with van der Waals surface area (Å²) < 4.78 is 249. The van der Waals surface area contributed by atoms with Gasteiger partial charge in [0.1, 0.15) is 0 Å². The first-order chi connectivity index (χ1) is 13.4. The molecule has 0 aromatic carbocycles. The van der Waals surface area contributed by atoms with E-state index >= 15 is 0 Å². The van der Waals surface area contributed by atoms with Gasteiger partial charge in [0.15, 0.2) is 0 Å². The molecule has 0 aromatic rings. The summed E-state index contributed by atoms with van der Waals surface area (Å²) in [4.78, 5) is 10.4. The zero-order valence-corrected chi connectivity index (χ0v) is 17.2. The van der Waals surface area contributed by atoms with Gasteiger partial charge in [-0.2, -0.15) is 74.6 Å². The van der Waals surface area contributed by atoms with Crippen LogP contribution < -0.4 is 29.6 Å². The minimum atomic E-state index is -8.96. The fourth-order valence-corrected chi connectivity index (χ4v) is 1.73. The first-order valence-corrected chi connectivity index (χ1v) is 7.62. The van der Waals surface area contributed by atoms with Crippen molar-refractivity contribution >= 4 is 16.4 Å². The zero-order valence-electron chi connectivity index (χ0n) is 14.4. The van der Waals surface area contributed by atoms with Crippen LogP contribution in [0.1, 0.15) is 0 Å². The van der Waals surface area contributed by atoms with Gasteiger partial charge in [0.25, 0.3) is 10.4 Å². The molecule has 192 valence electrons. The number of carbonyl (C=O) groups excluding carboxylic acids is 1. The maximum Gasteiger partial charge on any atom is 1.00 e. The third-order valence-corrected chi connectivity index (χ3v) is 3.51. The van der Waals surface area contributed by atoms with Crippen molar-refractivity contribution in [2.75, 3.05) is 0 Å². The van der Waals surface area contributed by atoms with Crippen molar-refractivity contribution in [1.29, 1.82) is 0 Å². The monoisotopic (exact) mass is 566 g/mol. The molecule has 0 spiro atoms. The van der Waals surface area contributed by atoms with E-state index in [-0.39, 0.29) is 29.6 Å².